The number of alkyl halides is 3. The maximum absolute atomic E-state index is 12.4. The van der Waals surface area contributed by atoms with Crippen molar-refractivity contribution in [2.24, 2.45) is 0 Å². The molecule has 1 aromatic heterocycles. The molecule has 0 aliphatic heterocycles. The molecule has 2 aromatic rings. The Bertz CT molecular complexity index is 652. The summed E-state index contributed by atoms with van der Waals surface area (Å²) in [6.45, 7) is 1.73. The fourth-order valence-electron chi connectivity index (χ4n) is 1.46. The number of phenolic OH excluding ortho intramolecular Hbond substituents is 1. The predicted octanol–water partition coefficient (Wildman–Crippen LogP) is 3.43. The molecule has 0 aliphatic carbocycles. The molecule has 8 heteroatoms. The number of amides is 1. The summed E-state index contributed by atoms with van der Waals surface area (Å²) >= 11 is 0.664. The number of benzene rings is 1. The first kappa shape index (κ1) is 14.3. The van der Waals surface area contributed by atoms with Gasteiger partial charge >= 0.3 is 6.18 Å². The smallest absolute Gasteiger partial charge is 0.434 e. The minimum absolute atomic E-state index is 0.0284. The van der Waals surface area contributed by atoms with Crippen molar-refractivity contribution in [3.63, 3.8) is 0 Å². The van der Waals surface area contributed by atoms with Gasteiger partial charge in [-0.2, -0.15) is 13.2 Å². The summed E-state index contributed by atoms with van der Waals surface area (Å²) in [4.78, 5) is 15.1. The van der Waals surface area contributed by atoms with Gasteiger partial charge in [-0.3, -0.25) is 10.1 Å². The van der Waals surface area contributed by atoms with E-state index in [-0.39, 0.29) is 16.4 Å². The Balaban J connectivity index is 2.17. The van der Waals surface area contributed by atoms with E-state index in [4.69, 9.17) is 0 Å². The molecule has 106 valence electrons. The van der Waals surface area contributed by atoms with Crippen LogP contribution < -0.4 is 5.32 Å². The lowest BCUT2D eigenvalue weighted by Crippen LogP contribution is -2.13. The second-order valence-corrected chi connectivity index (χ2v) is 4.87. The monoisotopic (exact) mass is 302 g/mol. The SMILES string of the molecule is Cc1ccc(C(=O)Nc2nc(C(F)(F)F)cs2)c(O)c1. The number of nitrogens with one attached hydrogen (secondary N) is 1. The lowest BCUT2D eigenvalue weighted by molar-refractivity contribution is -0.140. The number of carbonyl (C=O) groups excluding carboxylic acids is 1. The summed E-state index contributed by atoms with van der Waals surface area (Å²) in [6.07, 6.45) is -4.55. The molecule has 20 heavy (non-hydrogen) atoms. The highest BCUT2D eigenvalue weighted by molar-refractivity contribution is 7.14. The zero-order valence-corrected chi connectivity index (χ0v) is 11.0. The first-order chi connectivity index (χ1) is 9.27. The zero-order chi connectivity index (χ0) is 14.9. The van der Waals surface area contributed by atoms with Crippen LogP contribution in [-0.2, 0) is 6.18 Å². The van der Waals surface area contributed by atoms with E-state index in [0.717, 1.165) is 10.9 Å². The topological polar surface area (TPSA) is 62.2 Å². The van der Waals surface area contributed by atoms with Crippen molar-refractivity contribution in [1.29, 1.82) is 0 Å². The number of aromatic hydroxyl groups is 1. The van der Waals surface area contributed by atoms with E-state index in [1.165, 1.54) is 12.1 Å². The van der Waals surface area contributed by atoms with Gasteiger partial charge in [-0.05, 0) is 24.6 Å². The summed E-state index contributed by atoms with van der Waals surface area (Å²) in [5.41, 5.74) is -0.335. The van der Waals surface area contributed by atoms with Crippen molar-refractivity contribution >= 4 is 22.4 Å². The number of anilines is 1. The number of hydrogen-bond acceptors (Lipinski definition) is 4. The van der Waals surface area contributed by atoms with E-state index in [9.17, 15) is 23.1 Å². The molecule has 1 aromatic carbocycles. The van der Waals surface area contributed by atoms with Crippen LogP contribution in [0.2, 0.25) is 0 Å². The summed E-state index contributed by atoms with van der Waals surface area (Å²) in [6, 6.07) is 4.38. The Hall–Kier alpha value is -2.09. The zero-order valence-electron chi connectivity index (χ0n) is 10.2. The fraction of sp³-hybridized carbons (Fsp3) is 0.167. The van der Waals surface area contributed by atoms with E-state index in [0.29, 0.717) is 11.3 Å². The number of thiazole rings is 1. The van der Waals surface area contributed by atoms with Gasteiger partial charge in [-0.1, -0.05) is 6.07 Å². The van der Waals surface area contributed by atoms with Crippen LogP contribution in [0.4, 0.5) is 18.3 Å². The second-order valence-electron chi connectivity index (χ2n) is 4.01. The molecule has 0 fully saturated rings. The Morgan fingerprint density at radius 1 is 1.40 bits per heavy atom. The molecule has 4 nitrogen and oxygen atoms in total. The maximum atomic E-state index is 12.4. The summed E-state index contributed by atoms with van der Waals surface area (Å²) in [7, 11) is 0. The largest absolute Gasteiger partial charge is 0.507 e. The Labute approximate surface area is 115 Å². The van der Waals surface area contributed by atoms with Gasteiger partial charge in [0.1, 0.15) is 5.75 Å². The second kappa shape index (κ2) is 5.12. The number of hydrogen-bond donors (Lipinski definition) is 2. The molecule has 0 saturated carbocycles. The van der Waals surface area contributed by atoms with Gasteiger partial charge in [0.2, 0.25) is 0 Å². The lowest BCUT2D eigenvalue weighted by Gasteiger charge is -2.05. The van der Waals surface area contributed by atoms with Crippen LogP contribution >= 0.6 is 11.3 Å². The average molecular weight is 302 g/mol. The molecule has 0 aliphatic rings. The molecule has 2 N–H and O–H groups in total. The molecule has 0 saturated heterocycles. The number of rotatable bonds is 2. The first-order valence-corrected chi connectivity index (χ1v) is 6.29. The van der Waals surface area contributed by atoms with Crippen LogP contribution in [0.5, 0.6) is 5.75 Å². The van der Waals surface area contributed by atoms with E-state index >= 15 is 0 Å². The van der Waals surface area contributed by atoms with Crippen molar-refractivity contribution in [3.05, 3.63) is 40.4 Å². The molecule has 0 atom stereocenters. The highest BCUT2D eigenvalue weighted by Gasteiger charge is 2.34. The number of aryl methyl sites for hydroxylation is 1. The van der Waals surface area contributed by atoms with Crippen LogP contribution in [0, 0.1) is 6.92 Å². The van der Waals surface area contributed by atoms with Gasteiger partial charge in [0.05, 0.1) is 5.56 Å². The van der Waals surface area contributed by atoms with E-state index in [1.807, 2.05) is 0 Å². The highest BCUT2D eigenvalue weighted by atomic mass is 32.1. The third-order valence-electron chi connectivity index (χ3n) is 2.41. The van der Waals surface area contributed by atoms with Crippen LogP contribution in [0.15, 0.2) is 23.6 Å². The Morgan fingerprint density at radius 3 is 2.65 bits per heavy atom. The highest BCUT2D eigenvalue weighted by Crippen LogP contribution is 2.32. The van der Waals surface area contributed by atoms with Crippen LogP contribution in [-0.4, -0.2) is 16.0 Å². The number of halogens is 3. The van der Waals surface area contributed by atoms with Crippen molar-refractivity contribution in [2.45, 2.75) is 13.1 Å². The maximum Gasteiger partial charge on any atom is 0.434 e. The summed E-state index contributed by atoms with van der Waals surface area (Å²) in [5.74, 6) is -0.958. The number of phenols is 1. The van der Waals surface area contributed by atoms with Gasteiger partial charge in [-0.25, -0.2) is 4.98 Å². The van der Waals surface area contributed by atoms with E-state index in [1.54, 1.807) is 13.0 Å². The molecule has 0 bridgehead atoms. The molecular formula is C12H9F3N2O2S. The van der Waals surface area contributed by atoms with Gasteiger partial charge in [0, 0.05) is 5.38 Å². The molecule has 1 amide bonds. The molecule has 0 unspecified atom stereocenters. The van der Waals surface area contributed by atoms with Gasteiger partial charge < -0.3 is 5.11 Å². The quantitative estimate of drug-likeness (QED) is 0.893. The third-order valence-corrected chi connectivity index (χ3v) is 3.17. The van der Waals surface area contributed by atoms with Crippen molar-refractivity contribution in [1.82, 2.24) is 4.98 Å². The van der Waals surface area contributed by atoms with Crippen molar-refractivity contribution in [2.75, 3.05) is 5.32 Å². The van der Waals surface area contributed by atoms with Crippen LogP contribution in [0.25, 0.3) is 0 Å². The Morgan fingerprint density at radius 2 is 2.10 bits per heavy atom. The molecule has 0 spiro atoms. The molecule has 1 heterocycles. The molecular weight excluding hydrogens is 293 g/mol. The molecule has 0 radical (unpaired) electrons. The van der Waals surface area contributed by atoms with Crippen LogP contribution in [0.1, 0.15) is 21.6 Å². The Kier molecular flexibility index (Phi) is 3.67. The van der Waals surface area contributed by atoms with Crippen molar-refractivity contribution < 1.29 is 23.1 Å². The van der Waals surface area contributed by atoms with Gasteiger partial charge in [0.25, 0.3) is 5.91 Å². The first-order valence-electron chi connectivity index (χ1n) is 5.41. The van der Waals surface area contributed by atoms with Gasteiger partial charge in [-0.15, -0.1) is 11.3 Å². The standard InChI is InChI=1S/C12H9F3N2O2S/c1-6-2-3-7(8(18)4-6)10(19)17-11-16-9(5-20-11)12(13,14)15/h2-5,18H,1H3,(H,16,17,19). The summed E-state index contributed by atoms with van der Waals surface area (Å²) in [5, 5.41) is 12.5. The minimum Gasteiger partial charge on any atom is -0.507 e. The molecule has 2 rings (SSSR count). The number of aromatic nitrogens is 1. The third kappa shape index (κ3) is 3.08. The minimum atomic E-state index is -4.55. The normalized spacial score (nSPS) is 11.4. The number of nitrogens with zero attached hydrogens (tertiary/aromatic N) is 1. The fourth-order valence-corrected chi connectivity index (χ4v) is 2.17. The van der Waals surface area contributed by atoms with Crippen molar-refractivity contribution in [3.8, 4) is 5.75 Å². The van der Waals surface area contributed by atoms with Gasteiger partial charge in [0.15, 0.2) is 10.8 Å². The summed E-state index contributed by atoms with van der Waals surface area (Å²) < 4.78 is 37.1. The van der Waals surface area contributed by atoms with Crippen LogP contribution in [0.3, 0.4) is 0 Å². The predicted molar refractivity (Wildman–Crippen MR) is 67.9 cm³/mol. The number of carbonyl (C=O) groups is 1. The lowest BCUT2D eigenvalue weighted by atomic mass is 10.1. The van der Waals surface area contributed by atoms with E-state index in [2.05, 4.69) is 10.3 Å². The van der Waals surface area contributed by atoms with E-state index < -0.39 is 17.8 Å². The average Bonchev–Trinajstić information content (AvgIpc) is 2.76.